The molecule has 0 heterocycles. The summed E-state index contributed by atoms with van der Waals surface area (Å²) in [6.07, 6.45) is 5.54. The highest BCUT2D eigenvalue weighted by Crippen LogP contribution is 2.26. The van der Waals surface area contributed by atoms with Gasteiger partial charge in [-0.25, -0.2) is 8.42 Å². The Balaban J connectivity index is 1.86. The Hall–Kier alpha value is -2.87. The van der Waals surface area contributed by atoms with Crippen LogP contribution in [0.4, 0.5) is 11.4 Å². The quantitative estimate of drug-likeness (QED) is 0.655. The van der Waals surface area contributed by atoms with E-state index in [1.807, 2.05) is 13.0 Å². The number of sulfonamides is 1. The highest BCUT2D eigenvalue weighted by Gasteiger charge is 2.19. The van der Waals surface area contributed by atoms with Gasteiger partial charge in [0.2, 0.25) is 15.9 Å². The third-order valence-electron chi connectivity index (χ3n) is 5.10. The Morgan fingerprint density at radius 2 is 1.70 bits per heavy atom. The van der Waals surface area contributed by atoms with Crippen LogP contribution in [0.5, 0.6) is 0 Å². The highest BCUT2D eigenvalue weighted by molar-refractivity contribution is 7.92. The van der Waals surface area contributed by atoms with Crippen LogP contribution < -0.4 is 15.4 Å². The van der Waals surface area contributed by atoms with Gasteiger partial charge in [0, 0.05) is 12.6 Å². The summed E-state index contributed by atoms with van der Waals surface area (Å²) >= 11 is 0. The maximum absolute atomic E-state index is 13.0. The monoisotopic (exact) mass is 429 g/mol. The van der Waals surface area contributed by atoms with E-state index in [9.17, 15) is 18.0 Å². The van der Waals surface area contributed by atoms with Gasteiger partial charge in [-0.1, -0.05) is 18.2 Å². The van der Waals surface area contributed by atoms with Gasteiger partial charge < -0.3 is 10.6 Å². The molecule has 0 aliphatic heterocycles. The second kappa shape index (κ2) is 8.87. The maximum Gasteiger partial charge on any atom is 0.253 e. The highest BCUT2D eigenvalue weighted by atomic mass is 32.2. The minimum absolute atomic E-state index is 0.136. The summed E-state index contributed by atoms with van der Waals surface area (Å²) in [6, 6.07) is 10.5. The van der Waals surface area contributed by atoms with Gasteiger partial charge in [0.15, 0.2) is 0 Å². The number of rotatable bonds is 6. The fraction of sp³-hybridized carbons (Fsp3) is 0.364. The maximum atomic E-state index is 13.0. The summed E-state index contributed by atoms with van der Waals surface area (Å²) in [7, 11) is -3.58. The number of aryl methyl sites for hydroxylation is 2. The molecule has 3 N–H and O–H groups in total. The molecule has 0 bridgehead atoms. The molecule has 0 aromatic heterocycles. The van der Waals surface area contributed by atoms with Crippen molar-refractivity contribution in [2.24, 2.45) is 0 Å². The summed E-state index contributed by atoms with van der Waals surface area (Å²) in [6.45, 7) is 3.25. The van der Waals surface area contributed by atoms with E-state index in [1.54, 1.807) is 6.07 Å². The molecule has 30 heavy (non-hydrogen) atoms. The first-order chi connectivity index (χ1) is 14.1. The molecule has 2 aromatic rings. The largest absolute Gasteiger partial charge is 0.345 e. The average Bonchev–Trinajstić information content (AvgIpc) is 2.67. The third-order valence-corrected chi connectivity index (χ3v) is 5.69. The summed E-state index contributed by atoms with van der Waals surface area (Å²) in [5.41, 5.74) is 4.39. The predicted molar refractivity (Wildman–Crippen MR) is 118 cm³/mol. The molecule has 7 nitrogen and oxygen atoms in total. The van der Waals surface area contributed by atoms with Crippen LogP contribution in [-0.4, -0.2) is 26.5 Å². The van der Waals surface area contributed by atoms with E-state index in [-0.39, 0.29) is 23.2 Å². The van der Waals surface area contributed by atoms with Crippen LogP contribution in [0.15, 0.2) is 36.4 Å². The SMILES string of the molecule is CC(=O)Nc1ccc(NS(C)(=O)=O)c(C(=O)NC(C)c2ccc3c(c2)CCCC3)c1. The van der Waals surface area contributed by atoms with E-state index in [0.29, 0.717) is 5.69 Å². The first-order valence-electron chi connectivity index (χ1n) is 9.94. The van der Waals surface area contributed by atoms with Crippen LogP contribution in [0.1, 0.15) is 59.8 Å². The number of carbonyl (C=O) groups excluding carboxylic acids is 2. The van der Waals surface area contributed by atoms with Crippen molar-refractivity contribution in [3.63, 3.8) is 0 Å². The number of benzene rings is 2. The van der Waals surface area contributed by atoms with Gasteiger partial charge in [0.25, 0.3) is 5.91 Å². The first-order valence-corrected chi connectivity index (χ1v) is 11.8. The zero-order chi connectivity index (χ0) is 21.9. The molecule has 1 aliphatic carbocycles. The van der Waals surface area contributed by atoms with E-state index in [4.69, 9.17) is 0 Å². The minimum Gasteiger partial charge on any atom is -0.345 e. The summed E-state index contributed by atoms with van der Waals surface area (Å²) in [5, 5.41) is 5.55. The second-order valence-electron chi connectivity index (χ2n) is 7.75. The lowest BCUT2D eigenvalue weighted by atomic mass is 9.89. The Morgan fingerprint density at radius 3 is 2.37 bits per heavy atom. The Bertz CT molecular complexity index is 1080. The molecule has 0 radical (unpaired) electrons. The standard InChI is InChI=1S/C22H27N3O4S/c1-14(17-9-8-16-6-4-5-7-18(16)12-17)23-22(27)20-13-19(24-15(2)26)10-11-21(20)25-30(3,28)29/h8-14,25H,4-7H2,1-3H3,(H,23,27)(H,24,26). The fourth-order valence-electron chi connectivity index (χ4n) is 3.68. The van der Waals surface area contributed by atoms with E-state index < -0.39 is 15.9 Å². The molecular formula is C22H27N3O4S. The molecule has 0 saturated carbocycles. The molecular weight excluding hydrogens is 402 g/mol. The van der Waals surface area contributed by atoms with Gasteiger partial charge in [-0.2, -0.15) is 0 Å². The van der Waals surface area contributed by atoms with E-state index >= 15 is 0 Å². The molecule has 1 aliphatic rings. The predicted octanol–water partition coefficient (Wildman–Crippen LogP) is 3.39. The van der Waals surface area contributed by atoms with Crippen LogP contribution in [0.2, 0.25) is 0 Å². The van der Waals surface area contributed by atoms with Crippen molar-refractivity contribution in [1.29, 1.82) is 0 Å². The van der Waals surface area contributed by atoms with Crippen molar-refractivity contribution in [3.05, 3.63) is 58.7 Å². The zero-order valence-electron chi connectivity index (χ0n) is 17.4. The summed E-state index contributed by atoms with van der Waals surface area (Å²) in [4.78, 5) is 24.4. The van der Waals surface area contributed by atoms with E-state index in [1.165, 1.54) is 43.0 Å². The van der Waals surface area contributed by atoms with E-state index in [0.717, 1.165) is 24.7 Å². The number of nitrogens with one attached hydrogen (secondary N) is 3. The Morgan fingerprint density at radius 1 is 1.00 bits per heavy atom. The van der Waals surface area contributed by atoms with Gasteiger partial charge in [-0.3, -0.25) is 14.3 Å². The second-order valence-corrected chi connectivity index (χ2v) is 9.49. The number of anilines is 2. The first kappa shape index (κ1) is 21.8. The lowest BCUT2D eigenvalue weighted by molar-refractivity contribution is -0.114. The molecule has 2 aromatic carbocycles. The van der Waals surface area contributed by atoms with E-state index in [2.05, 4.69) is 27.5 Å². The number of fused-ring (bicyclic) bond motifs is 1. The third kappa shape index (κ3) is 5.60. The molecule has 2 amide bonds. The van der Waals surface area contributed by atoms with Crippen molar-refractivity contribution in [3.8, 4) is 0 Å². The smallest absolute Gasteiger partial charge is 0.253 e. The minimum atomic E-state index is -3.58. The normalized spacial score (nSPS) is 14.4. The average molecular weight is 430 g/mol. The van der Waals surface area contributed by atoms with Gasteiger partial charge >= 0.3 is 0 Å². The van der Waals surface area contributed by atoms with Crippen molar-refractivity contribution in [1.82, 2.24) is 5.32 Å². The molecule has 8 heteroatoms. The van der Waals surface area contributed by atoms with Gasteiger partial charge in [0.05, 0.1) is 23.5 Å². The summed E-state index contributed by atoms with van der Waals surface area (Å²) < 4.78 is 25.8. The molecule has 0 fully saturated rings. The van der Waals surface area contributed by atoms with Crippen molar-refractivity contribution < 1.29 is 18.0 Å². The number of amides is 2. The zero-order valence-corrected chi connectivity index (χ0v) is 18.2. The summed E-state index contributed by atoms with van der Waals surface area (Å²) in [5.74, 6) is -0.716. The molecule has 0 saturated heterocycles. The molecule has 1 unspecified atom stereocenters. The van der Waals surface area contributed by atoms with Crippen LogP contribution in [0.25, 0.3) is 0 Å². The molecule has 0 spiro atoms. The number of hydrogen-bond donors (Lipinski definition) is 3. The molecule has 3 rings (SSSR count). The Labute approximate surface area is 177 Å². The topological polar surface area (TPSA) is 104 Å². The lowest BCUT2D eigenvalue weighted by Gasteiger charge is -2.21. The molecule has 160 valence electrons. The van der Waals surface area contributed by atoms with Crippen molar-refractivity contribution in [2.75, 3.05) is 16.3 Å². The van der Waals surface area contributed by atoms with Crippen LogP contribution in [-0.2, 0) is 27.7 Å². The van der Waals surface area contributed by atoms with Crippen molar-refractivity contribution >= 4 is 33.2 Å². The number of hydrogen-bond acceptors (Lipinski definition) is 4. The van der Waals surface area contributed by atoms with Gasteiger partial charge in [0.1, 0.15) is 0 Å². The molecule has 1 atom stereocenters. The van der Waals surface area contributed by atoms with Crippen LogP contribution >= 0.6 is 0 Å². The van der Waals surface area contributed by atoms with Crippen LogP contribution in [0.3, 0.4) is 0 Å². The lowest BCUT2D eigenvalue weighted by Crippen LogP contribution is -2.28. The number of carbonyl (C=O) groups is 2. The Kier molecular flexibility index (Phi) is 6.45. The van der Waals surface area contributed by atoms with Crippen LogP contribution in [0, 0.1) is 0 Å². The van der Waals surface area contributed by atoms with Crippen molar-refractivity contribution in [2.45, 2.75) is 45.6 Å². The van der Waals surface area contributed by atoms with Gasteiger partial charge in [-0.05, 0) is 67.5 Å². The van der Waals surface area contributed by atoms with Gasteiger partial charge in [-0.15, -0.1) is 0 Å². The fourth-order valence-corrected chi connectivity index (χ4v) is 4.26.